The molecule has 6 heteroatoms. The van der Waals surface area contributed by atoms with Gasteiger partial charge < -0.3 is 10.3 Å². The molecule has 0 radical (unpaired) electrons. The molecule has 2 N–H and O–H groups in total. The molecule has 2 heterocycles. The van der Waals surface area contributed by atoms with Gasteiger partial charge in [0.2, 0.25) is 5.56 Å². The predicted molar refractivity (Wildman–Crippen MR) is 94.4 cm³/mol. The zero-order valence-corrected chi connectivity index (χ0v) is 14.1. The molecule has 1 amide bonds. The number of H-pyrrole nitrogens is 1. The van der Waals surface area contributed by atoms with Gasteiger partial charge in [0.25, 0.3) is 5.91 Å². The Labute approximate surface area is 145 Å². The normalized spacial score (nSPS) is 16.0. The number of amides is 1. The Balaban J connectivity index is 1.73. The minimum Gasteiger partial charge on any atom is -0.350 e. The Kier molecular flexibility index (Phi) is 5.33. The van der Waals surface area contributed by atoms with E-state index in [1.807, 2.05) is 24.3 Å². The van der Waals surface area contributed by atoms with E-state index in [1.54, 1.807) is 0 Å². The topological polar surface area (TPSA) is 65.2 Å². The zero-order chi connectivity index (χ0) is 16.9. The van der Waals surface area contributed by atoms with E-state index in [0.717, 1.165) is 18.7 Å². The monoisotopic (exact) mass is 345 g/mol. The lowest BCUT2D eigenvalue weighted by Crippen LogP contribution is -2.37. The van der Waals surface area contributed by atoms with Gasteiger partial charge in [-0.2, -0.15) is 0 Å². The number of benzene rings is 1. The van der Waals surface area contributed by atoms with Gasteiger partial charge in [0.1, 0.15) is 0 Å². The summed E-state index contributed by atoms with van der Waals surface area (Å²) in [4.78, 5) is 28.3. The number of pyridine rings is 1. The van der Waals surface area contributed by atoms with Crippen molar-refractivity contribution in [2.24, 2.45) is 0 Å². The third-order valence-electron chi connectivity index (χ3n) is 4.32. The van der Waals surface area contributed by atoms with Crippen LogP contribution in [0, 0.1) is 0 Å². The van der Waals surface area contributed by atoms with Crippen molar-refractivity contribution in [3.63, 3.8) is 0 Å². The zero-order valence-electron chi connectivity index (χ0n) is 13.3. The lowest BCUT2D eigenvalue weighted by atomic mass is 10.1. The molecule has 1 aliphatic rings. The number of likely N-dealkylation sites (tertiary alicyclic amines) is 1. The van der Waals surface area contributed by atoms with Crippen LogP contribution in [-0.4, -0.2) is 35.4 Å². The molecule has 1 aromatic carbocycles. The molecule has 1 fully saturated rings. The van der Waals surface area contributed by atoms with Gasteiger partial charge >= 0.3 is 0 Å². The SMILES string of the molecule is O=C(NCC(c1cccc(Cl)c1)N1CCCC1)c1ccc(=O)[nH]c1. The Hall–Kier alpha value is -2.11. The van der Waals surface area contributed by atoms with Crippen molar-refractivity contribution >= 4 is 17.5 Å². The predicted octanol–water partition coefficient (Wildman–Crippen LogP) is 2.60. The summed E-state index contributed by atoms with van der Waals surface area (Å²) in [7, 11) is 0. The third-order valence-corrected chi connectivity index (χ3v) is 4.55. The average molecular weight is 346 g/mol. The first-order valence-electron chi connectivity index (χ1n) is 8.10. The number of rotatable bonds is 5. The van der Waals surface area contributed by atoms with E-state index in [4.69, 9.17) is 11.6 Å². The van der Waals surface area contributed by atoms with Gasteiger partial charge in [-0.1, -0.05) is 23.7 Å². The van der Waals surface area contributed by atoms with E-state index in [9.17, 15) is 9.59 Å². The smallest absolute Gasteiger partial charge is 0.252 e. The summed E-state index contributed by atoms with van der Waals surface area (Å²) in [5.41, 5.74) is 1.33. The highest BCUT2D eigenvalue weighted by Crippen LogP contribution is 2.26. The molecule has 1 aromatic heterocycles. The molecule has 1 aliphatic heterocycles. The van der Waals surface area contributed by atoms with Crippen molar-refractivity contribution in [2.45, 2.75) is 18.9 Å². The molecule has 24 heavy (non-hydrogen) atoms. The van der Waals surface area contributed by atoms with Crippen molar-refractivity contribution in [2.75, 3.05) is 19.6 Å². The van der Waals surface area contributed by atoms with Crippen molar-refractivity contribution < 1.29 is 4.79 Å². The number of nitrogens with one attached hydrogen (secondary N) is 2. The second-order valence-corrected chi connectivity index (χ2v) is 6.40. The highest BCUT2D eigenvalue weighted by molar-refractivity contribution is 6.30. The second kappa shape index (κ2) is 7.64. The Morgan fingerprint density at radius 1 is 1.25 bits per heavy atom. The molecule has 0 bridgehead atoms. The number of aromatic amines is 1. The fraction of sp³-hybridized carbons (Fsp3) is 0.333. The maximum atomic E-state index is 12.3. The van der Waals surface area contributed by atoms with Crippen LogP contribution in [0.3, 0.4) is 0 Å². The van der Waals surface area contributed by atoms with E-state index >= 15 is 0 Å². The number of hydrogen-bond donors (Lipinski definition) is 2. The summed E-state index contributed by atoms with van der Waals surface area (Å²) in [5, 5.41) is 3.67. The van der Waals surface area contributed by atoms with Crippen LogP contribution in [0.15, 0.2) is 47.4 Å². The van der Waals surface area contributed by atoms with E-state index in [2.05, 4.69) is 15.2 Å². The number of nitrogens with zero attached hydrogens (tertiary/aromatic N) is 1. The highest BCUT2D eigenvalue weighted by Gasteiger charge is 2.24. The van der Waals surface area contributed by atoms with Gasteiger partial charge in [0.15, 0.2) is 0 Å². The Morgan fingerprint density at radius 2 is 2.04 bits per heavy atom. The van der Waals surface area contributed by atoms with E-state index in [1.165, 1.54) is 31.2 Å². The largest absolute Gasteiger partial charge is 0.350 e. The van der Waals surface area contributed by atoms with Gasteiger partial charge in [-0.3, -0.25) is 14.5 Å². The van der Waals surface area contributed by atoms with Crippen LogP contribution < -0.4 is 10.9 Å². The van der Waals surface area contributed by atoms with E-state index in [0.29, 0.717) is 17.1 Å². The summed E-state index contributed by atoms with van der Waals surface area (Å²) < 4.78 is 0. The third kappa shape index (κ3) is 4.04. The molecular formula is C18H20ClN3O2. The summed E-state index contributed by atoms with van der Waals surface area (Å²) >= 11 is 6.13. The number of hydrogen-bond acceptors (Lipinski definition) is 3. The molecule has 5 nitrogen and oxygen atoms in total. The van der Waals surface area contributed by atoms with Crippen LogP contribution in [0.4, 0.5) is 0 Å². The highest BCUT2D eigenvalue weighted by atomic mass is 35.5. The first-order valence-corrected chi connectivity index (χ1v) is 8.48. The van der Waals surface area contributed by atoms with E-state index < -0.39 is 0 Å². The van der Waals surface area contributed by atoms with Gasteiger partial charge in [0, 0.05) is 23.8 Å². The minimum absolute atomic E-state index is 0.0953. The molecular weight excluding hydrogens is 326 g/mol. The van der Waals surface area contributed by atoms with Gasteiger partial charge in [-0.15, -0.1) is 0 Å². The fourth-order valence-corrected chi connectivity index (χ4v) is 3.27. The number of carbonyl (C=O) groups is 1. The quantitative estimate of drug-likeness (QED) is 0.875. The van der Waals surface area contributed by atoms with Crippen LogP contribution in [0.2, 0.25) is 5.02 Å². The number of aromatic nitrogens is 1. The van der Waals surface area contributed by atoms with Crippen molar-refractivity contribution in [1.29, 1.82) is 0 Å². The van der Waals surface area contributed by atoms with Crippen LogP contribution in [0.5, 0.6) is 0 Å². The van der Waals surface area contributed by atoms with Crippen LogP contribution in [-0.2, 0) is 0 Å². The molecule has 1 saturated heterocycles. The fourth-order valence-electron chi connectivity index (χ4n) is 3.07. The Morgan fingerprint density at radius 3 is 2.71 bits per heavy atom. The maximum absolute atomic E-state index is 12.3. The van der Waals surface area contributed by atoms with E-state index in [-0.39, 0.29) is 17.5 Å². The first-order chi connectivity index (χ1) is 11.6. The standard InChI is InChI=1S/C18H20ClN3O2/c19-15-5-3-4-13(10-15)16(22-8-1-2-9-22)12-21-18(24)14-6-7-17(23)20-11-14/h3-7,10-11,16H,1-2,8-9,12H2,(H,20,23)(H,21,24). The van der Waals surface area contributed by atoms with Gasteiger partial charge in [-0.05, 0) is 49.7 Å². The molecule has 1 atom stereocenters. The van der Waals surface area contributed by atoms with Crippen LogP contribution >= 0.6 is 11.6 Å². The summed E-state index contributed by atoms with van der Waals surface area (Å²) in [6, 6.07) is 10.8. The average Bonchev–Trinajstić information content (AvgIpc) is 3.10. The van der Waals surface area contributed by atoms with Crippen molar-refractivity contribution in [1.82, 2.24) is 15.2 Å². The molecule has 1 unspecified atom stereocenters. The molecule has 0 saturated carbocycles. The molecule has 3 rings (SSSR count). The molecule has 0 aliphatic carbocycles. The lowest BCUT2D eigenvalue weighted by molar-refractivity contribution is 0.0937. The van der Waals surface area contributed by atoms with Gasteiger partial charge in [0.05, 0.1) is 11.6 Å². The van der Waals surface area contributed by atoms with Crippen LogP contribution in [0.25, 0.3) is 0 Å². The number of halogens is 1. The van der Waals surface area contributed by atoms with Crippen molar-refractivity contribution in [3.8, 4) is 0 Å². The molecule has 2 aromatic rings. The summed E-state index contributed by atoms with van der Waals surface area (Å²) in [5.74, 6) is -0.197. The number of carbonyl (C=O) groups excluding carboxylic acids is 1. The second-order valence-electron chi connectivity index (χ2n) is 5.97. The summed E-state index contributed by atoms with van der Waals surface area (Å²) in [6.45, 7) is 2.54. The Bertz CT molecular complexity index is 748. The molecule has 126 valence electrons. The lowest BCUT2D eigenvalue weighted by Gasteiger charge is -2.28. The molecule has 0 spiro atoms. The summed E-state index contributed by atoms with van der Waals surface area (Å²) in [6.07, 6.45) is 3.78. The first kappa shape index (κ1) is 16.7. The maximum Gasteiger partial charge on any atom is 0.252 e. The minimum atomic E-state index is -0.222. The van der Waals surface area contributed by atoms with Crippen LogP contribution in [0.1, 0.15) is 34.8 Å². The van der Waals surface area contributed by atoms with Crippen molar-refractivity contribution in [3.05, 3.63) is 69.1 Å². The van der Waals surface area contributed by atoms with Gasteiger partial charge in [-0.25, -0.2) is 0 Å².